The molecular formula is C17H13BrClNO. The summed E-state index contributed by atoms with van der Waals surface area (Å²) in [5, 5.41) is 9.84. The SMILES string of the molecule is Cc1ccc(C(C#N)C(=O)c2ccc(Br)c(Cl)c2)cc1C. The molecule has 0 aromatic heterocycles. The zero-order valence-electron chi connectivity index (χ0n) is 11.7. The maximum absolute atomic E-state index is 12.5. The minimum Gasteiger partial charge on any atom is -0.292 e. The average Bonchev–Trinajstić information content (AvgIpc) is 2.46. The van der Waals surface area contributed by atoms with Crippen LogP contribution >= 0.6 is 27.5 Å². The molecule has 0 aliphatic rings. The molecule has 0 N–H and O–H groups in total. The van der Waals surface area contributed by atoms with E-state index < -0.39 is 5.92 Å². The third-order valence-corrected chi connectivity index (χ3v) is 4.69. The van der Waals surface area contributed by atoms with Crippen molar-refractivity contribution in [1.29, 1.82) is 5.26 Å². The monoisotopic (exact) mass is 361 g/mol. The third kappa shape index (κ3) is 3.34. The number of rotatable bonds is 3. The van der Waals surface area contributed by atoms with E-state index in [0.717, 1.165) is 15.6 Å². The maximum atomic E-state index is 12.5. The molecule has 106 valence electrons. The Bertz CT molecular complexity index is 749. The number of carbonyl (C=O) groups excluding carboxylic acids is 1. The topological polar surface area (TPSA) is 40.9 Å². The van der Waals surface area contributed by atoms with E-state index in [-0.39, 0.29) is 5.78 Å². The summed E-state index contributed by atoms with van der Waals surface area (Å²) >= 11 is 9.30. The fourth-order valence-electron chi connectivity index (χ4n) is 2.04. The molecule has 4 heteroatoms. The van der Waals surface area contributed by atoms with Crippen molar-refractivity contribution in [3.8, 4) is 6.07 Å². The molecular weight excluding hydrogens is 350 g/mol. The van der Waals surface area contributed by atoms with E-state index in [4.69, 9.17) is 11.6 Å². The van der Waals surface area contributed by atoms with Crippen molar-refractivity contribution in [3.05, 3.63) is 68.1 Å². The summed E-state index contributed by atoms with van der Waals surface area (Å²) in [4.78, 5) is 12.5. The number of carbonyl (C=O) groups is 1. The van der Waals surface area contributed by atoms with Gasteiger partial charge in [-0.1, -0.05) is 35.9 Å². The lowest BCUT2D eigenvalue weighted by Gasteiger charge is -2.11. The van der Waals surface area contributed by atoms with Crippen LogP contribution in [0.2, 0.25) is 5.02 Å². The first-order valence-electron chi connectivity index (χ1n) is 6.40. The third-order valence-electron chi connectivity index (χ3n) is 3.46. The van der Waals surface area contributed by atoms with Crippen LogP contribution in [-0.2, 0) is 0 Å². The van der Waals surface area contributed by atoms with Crippen LogP contribution in [0.3, 0.4) is 0 Å². The second kappa shape index (κ2) is 6.43. The Morgan fingerprint density at radius 1 is 1.19 bits per heavy atom. The molecule has 0 aliphatic heterocycles. The number of aryl methyl sites for hydroxylation is 2. The lowest BCUT2D eigenvalue weighted by molar-refractivity contribution is 0.0979. The molecule has 0 aliphatic carbocycles. The Hall–Kier alpha value is -1.63. The smallest absolute Gasteiger partial charge is 0.184 e. The molecule has 0 saturated carbocycles. The van der Waals surface area contributed by atoms with Crippen LogP contribution in [0.15, 0.2) is 40.9 Å². The standard InChI is InChI=1S/C17H13BrClNO/c1-10-3-4-12(7-11(10)2)14(9-20)17(21)13-5-6-15(18)16(19)8-13/h3-8,14H,1-2H3. The van der Waals surface area contributed by atoms with E-state index >= 15 is 0 Å². The first-order valence-corrected chi connectivity index (χ1v) is 7.57. The Labute approximate surface area is 137 Å². The molecule has 0 heterocycles. The largest absolute Gasteiger partial charge is 0.292 e. The van der Waals surface area contributed by atoms with E-state index in [1.807, 2.05) is 32.0 Å². The number of ketones is 1. The zero-order chi connectivity index (χ0) is 15.6. The average molecular weight is 363 g/mol. The number of hydrogen-bond donors (Lipinski definition) is 0. The summed E-state index contributed by atoms with van der Waals surface area (Å²) in [6.45, 7) is 3.96. The highest BCUT2D eigenvalue weighted by molar-refractivity contribution is 9.10. The molecule has 1 atom stereocenters. The molecule has 1 unspecified atom stereocenters. The molecule has 0 bridgehead atoms. The van der Waals surface area contributed by atoms with Crippen LogP contribution in [0, 0.1) is 25.2 Å². The first-order chi connectivity index (χ1) is 9.93. The van der Waals surface area contributed by atoms with Gasteiger partial charge in [0.2, 0.25) is 0 Å². The highest BCUT2D eigenvalue weighted by Gasteiger charge is 2.22. The van der Waals surface area contributed by atoms with Crippen molar-refractivity contribution in [2.24, 2.45) is 0 Å². The molecule has 2 aromatic rings. The number of nitriles is 1. The van der Waals surface area contributed by atoms with Gasteiger partial charge < -0.3 is 0 Å². The van der Waals surface area contributed by atoms with Crippen LogP contribution in [0.4, 0.5) is 0 Å². The van der Waals surface area contributed by atoms with Crippen LogP contribution in [-0.4, -0.2) is 5.78 Å². The predicted octanol–water partition coefficient (Wildman–Crippen LogP) is 5.21. The van der Waals surface area contributed by atoms with Gasteiger partial charge in [0.15, 0.2) is 5.78 Å². The van der Waals surface area contributed by atoms with Gasteiger partial charge in [-0.3, -0.25) is 4.79 Å². The van der Waals surface area contributed by atoms with Gasteiger partial charge in [0.25, 0.3) is 0 Å². The summed E-state index contributed by atoms with van der Waals surface area (Å²) in [5.41, 5.74) is 3.35. The molecule has 0 amide bonds. The van der Waals surface area contributed by atoms with Crippen molar-refractivity contribution < 1.29 is 4.79 Å². The van der Waals surface area contributed by atoms with Gasteiger partial charge in [0.1, 0.15) is 5.92 Å². The van der Waals surface area contributed by atoms with E-state index in [0.29, 0.717) is 16.1 Å². The van der Waals surface area contributed by atoms with Crippen molar-refractivity contribution in [2.45, 2.75) is 19.8 Å². The highest BCUT2D eigenvalue weighted by atomic mass is 79.9. The summed E-state index contributed by atoms with van der Waals surface area (Å²) in [5.74, 6) is -1.06. The van der Waals surface area contributed by atoms with Crippen LogP contribution in [0.1, 0.15) is 33.0 Å². The molecule has 2 nitrogen and oxygen atoms in total. The second-order valence-electron chi connectivity index (χ2n) is 4.90. The summed E-state index contributed by atoms with van der Waals surface area (Å²) in [6.07, 6.45) is 0. The highest BCUT2D eigenvalue weighted by Crippen LogP contribution is 2.27. The minimum atomic E-state index is -0.818. The summed E-state index contributed by atoms with van der Waals surface area (Å²) in [7, 11) is 0. The lowest BCUT2D eigenvalue weighted by Crippen LogP contribution is -2.11. The van der Waals surface area contributed by atoms with Crippen molar-refractivity contribution >= 4 is 33.3 Å². The Morgan fingerprint density at radius 3 is 2.48 bits per heavy atom. The molecule has 2 aromatic carbocycles. The van der Waals surface area contributed by atoms with Crippen molar-refractivity contribution in [3.63, 3.8) is 0 Å². The molecule has 21 heavy (non-hydrogen) atoms. The normalized spacial score (nSPS) is 11.8. The Kier molecular flexibility index (Phi) is 4.82. The molecule has 0 radical (unpaired) electrons. The zero-order valence-corrected chi connectivity index (χ0v) is 14.0. The molecule has 0 saturated heterocycles. The Morgan fingerprint density at radius 2 is 1.90 bits per heavy atom. The van der Waals surface area contributed by atoms with Crippen molar-refractivity contribution in [1.82, 2.24) is 0 Å². The number of nitrogens with zero attached hydrogens (tertiary/aromatic N) is 1. The molecule has 2 rings (SSSR count). The van der Waals surface area contributed by atoms with Crippen LogP contribution in [0.25, 0.3) is 0 Å². The van der Waals surface area contributed by atoms with Gasteiger partial charge in [-0.25, -0.2) is 0 Å². The van der Waals surface area contributed by atoms with E-state index in [1.165, 1.54) is 0 Å². The van der Waals surface area contributed by atoms with Crippen LogP contribution < -0.4 is 0 Å². The molecule has 0 fully saturated rings. The van der Waals surface area contributed by atoms with Gasteiger partial charge in [-0.15, -0.1) is 0 Å². The Balaban J connectivity index is 2.41. The van der Waals surface area contributed by atoms with Crippen molar-refractivity contribution in [2.75, 3.05) is 0 Å². The molecule has 0 spiro atoms. The quantitative estimate of drug-likeness (QED) is 0.703. The van der Waals surface area contributed by atoms with Crippen LogP contribution in [0.5, 0.6) is 0 Å². The van der Waals surface area contributed by atoms with E-state index in [9.17, 15) is 10.1 Å². The number of halogens is 2. The van der Waals surface area contributed by atoms with Gasteiger partial charge >= 0.3 is 0 Å². The number of hydrogen-bond acceptors (Lipinski definition) is 2. The fourth-order valence-corrected chi connectivity index (χ4v) is 2.47. The van der Waals surface area contributed by atoms with E-state index in [2.05, 4.69) is 22.0 Å². The second-order valence-corrected chi connectivity index (χ2v) is 6.16. The minimum absolute atomic E-state index is 0.241. The van der Waals surface area contributed by atoms with E-state index in [1.54, 1.807) is 18.2 Å². The summed E-state index contributed by atoms with van der Waals surface area (Å²) in [6, 6.07) is 12.7. The predicted molar refractivity (Wildman–Crippen MR) is 87.8 cm³/mol. The summed E-state index contributed by atoms with van der Waals surface area (Å²) < 4.78 is 0.723. The number of Topliss-reactive ketones (excluding diaryl/α,β-unsaturated/α-hetero) is 1. The lowest BCUT2D eigenvalue weighted by atomic mass is 9.90. The first kappa shape index (κ1) is 15.8. The van der Waals surface area contributed by atoms with Gasteiger partial charge in [0, 0.05) is 10.0 Å². The van der Waals surface area contributed by atoms with Gasteiger partial charge in [-0.05, 0) is 58.6 Å². The van der Waals surface area contributed by atoms with Gasteiger partial charge in [-0.2, -0.15) is 5.26 Å². The van der Waals surface area contributed by atoms with Gasteiger partial charge in [0.05, 0.1) is 11.1 Å². The number of benzene rings is 2. The maximum Gasteiger partial charge on any atom is 0.184 e. The fraction of sp³-hybridized carbons (Fsp3) is 0.176.